The molecule has 8 nitrogen and oxygen atoms in total. The first-order valence-electron chi connectivity index (χ1n) is 9.82. The lowest BCUT2D eigenvalue weighted by molar-refractivity contribution is -0.121. The molecular weight excluding hydrogens is 386 g/mol. The highest BCUT2D eigenvalue weighted by Gasteiger charge is 2.18. The van der Waals surface area contributed by atoms with Crippen molar-refractivity contribution < 1.29 is 23.8 Å². The van der Waals surface area contributed by atoms with Crippen LogP contribution in [0.1, 0.15) is 24.9 Å². The third-order valence-electron chi connectivity index (χ3n) is 4.84. The molecule has 2 aromatic rings. The van der Waals surface area contributed by atoms with Crippen molar-refractivity contribution in [3.05, 3.63) is 48.0 Å². The second-order valence-electron chi connectivity index (χ2n) is 7.03. The highest BCUT2D eigenvalue weighted by atomic mass is 16.6. The molecular formula is C22H27N3O5. The van der Waals surface area contributed by atoms with Crippen LogP contribution in [-0.2, 0) is 9.59 Å². The Kier molecular flexibility index (Phi) is 7.00. The number of carbonyl (C=O) groups is 2. The van der Waals surface area contributed by atoms with Crippen LogP contribution in [0.5, 0.6) is 17.2 Å². The summed E-state index contributed by atoms with van der Waals surface area (Å²) >= 11 is 0. The van der Waals surface area contributed by atoms with Gasteiger partial charge in [0.25, 0.3) is 0 Å². The lowest BCUT2D eigenvalue weighted by Gasteiger charge is -2.25. The third kappa shape index (κ3) is 5.56. The molecule has 1 unspecified atom stereocenters. The van der Waals surface area contributed by atoms with Crippen LogP contribution in [0.4, 0.5) is 5.69 Å². The largest absolute Gasteiger partial charge is 0.497 e. The zero-order valence-electron chi connectivity index (χ0n) is 17.2. The Morgan fingerprint density at radius 2 is 1.83 bits per heavy atom. The van der Waals surface area contributed by atoms with Crippen molar-refractivity contribution in [1.29, 1.82) is 0 Å². The van der Waals surface area contributed by atoms with Gasteiger partial charge >= 0.3 is 0 Å². The number of hydrogen-bond donors (Lipinski definition) is 2. The number of primary amides is 1. The quantitative estimate of drug-likeness (QED) is 0.652. The van der Waals surface area contributed by atoms with Gasteiger partial charge in [0, 0.05) is 18.7 Å². The van der Waals surface area contributed by atoms with E-state index >= 15 is 0 Å². The summed E-state index contributed by atoms with van der Waals surface area (Å²) in [7, 11) is 1.59. The number of fused-ring (bicyclic) bond motifs is 1. The van der Waals surface area contributed by atoms with Crippen molar-refractivity contribution in [2.75, 3.05) is 38.3 Å². The van der Waals surface area contributed by atoms with E-state index in [0.717, 1.165) is 11.3 Å². The van der Waals surface area contributed by atoms with Crippen LogP contribution >= 0.6 is 0 Å². The number of ether oxygens (including phenoxy) is 3. The summed E-state index contributed by atoms with van der Waals surface area (Å²) in [4.78, 5) is 25.8. The van der Waals surface area contributed by atoms with Gasteiger partial charge in [-0.15, -0.1) is 0 Å². The van der Waals surface area contributed by atoms with E-state index in [4.69, 9.17) is 19.9 Å². The van der Waals surface area contributed by atoms with Gasteiger partial charge in [0.1, 0.15) is 19.0 Å². The second kappa shape index (κ2) is 9.87. The Hall–Kier alpha value is -3.42. The first-order chi connectivity index (χ1) is 14.5. The first-order valence-corrected chi connectivity index (χ1v) is 9.82. The maximum Gasteiger partial charge on any atom is 0.239 e. The van der Waals surface area contributed by atoms with Gasteiger partial charge in [-0.25, -0.2) is 0 Å². The lowest BCUT2D eigenvalue weighted by atomic mass is 10.1. The van der Waals surface area contributed by atoms with Gasteiger partial charge in [-0.2, -0.15) is 0 Å². The number of amides is 2. The van der Waals surface area contributed by atoms with E-state index in [0.29, 0.717) is 37.0 Å². The van der Waals surface area contributed by atoms with Gasteiger partial charge in [-0.3, -0.25) is 9.59 Å². The average molecular weight is 413 g/mol. The molecule has 0 spiro atoms. The van der Waals surface area contributed by atoms with Crippen LogP contribution in [0.2, 0.25) is 0 Å². The van der Waals surface area contributed by atoms with Gasteiger partial charge in [0.15, 0.2) is 11.5 Å². The monoisotopic (exact) mass is 413 g/mol. The predicted molar refractivity (Wildman–Crippen MR) is 113 cm³/mol. The fraction of sp³-hybridized carbons (Fsp3) is 0.364. The minimum Gasteiger partial charge on any atom is -0.497 e. The number of methoxy groups -OCH3 is 1. The van der Waals surface area contributed by atoms with E-state index in [2.05, 4.69) is 5.32 Å². The molecule has 1 aliphatic heterocycles. The fourth-order valence-electron chi connectivity index (χ4n) is 3.21. The molecule has 0 aliphatic carbocycles. The van der Waals surface area contributed by atoms with Crippen LogP contribution in [0.3, 0.4) is 0 Å². The molecule has 1 atom stereocenters. The molecule has 8 heteroatoms. The molecule has 1 aliphatic rings. The molecule has 0 radical (unpaired) electrons. The Morgan fingerprint density at radius 3 is 2.50 bits per heavy atom. The normalized spacial score (nSPS) is 13.3. The Balaban J connectivity index is 1.66. The highest BCUT2D eigenvalue weighted by Crippen LogP contribution is 2.32. The van der Waals surface area contributed by atoms with E-state index < -0.39 is 5.91 Å². The Morgan fingerprint density at radius 1 is 1.13 bits per heavy atom. The molecule has 0 saturated carbocycles. The van der Waals surface area contributed by atoms with Crippen molar-refractivity contribution in [2.24, 2.45) is 5.73 Å². The number of rotatable bonds is 9. The summed E-state index contributed by atoms with van der Waals surface area (Å²) in [5.74, 6) is 1.52. The number of anilines is 1. The fourth-order valence-corrected chi connectivity index (χ4v) is 3.21. The zero-order chi connectivity index (χ0) is 21.5. The van der Waals surface area contributed by atoms with Gasteiger partial charge < -0.3 is 30.2 Å². The van der Waals surface area contributed by atoms with Crippen molar-refractivity contribution >= 4 is 17.5 Å². The average Bonchev–Trinajstić information content (AvgIpc) is 2.76. The summed E-state index contributed by atoms with van der Waals surface area (Å²) in [6.07, 6.45) is 0.150. The number of hydrogen-bond acceptors (Lipinski definition) is 6. The van der Waals surface area contributed by atoms with E-state index in [-0.39, 0.29) is 24.9 Å². The number of benzene rings is 2. The van der Waals surface area contributed by atoms with E-state index in [9.17, 15) is 9.59 Å². The maximum absolute atomic E-state index is 12.7. The van der Waals surface area contributed by atoms with Crippen LogP contribution in [-0.4, -0.2) is 45.2 Å². The van der Waals surface area contributed by atoms with E-state index in [1.165, 1.54) is 0 Å². The predicted octanol–water partition coefficient (Wildman–Crippen LogP) is 2.03. The first kappa shape index (κ1) is 21.3. The van der Waals surface area contributed by atoms with E-state index in [1.807, 2.05) is 54.3 Å². The molecule has 0 saturated heterocycles. The zero-order valence-corrected chi connectivity index (χ0v) is 17.2. The number of nitrogens with two attached hydrogens (primary N) is 1. The van der Waals surface area contributed by atoms with Crippen LogP contribution in [0.15, 0.2) is 42.5 Å². The molecule has 0 aromatic heterocycles. The van der Waals surface area contributed by atoms with Crippen LogP contribution in [0.25, 0.3) is 0 Å². The Labute approximate surface area is 175 Å². The summed E-state index contributed by atoms with van der Waals surface area (Å²) in [5, 5.41) is 3.00. The maximum atomic E-state index is 12.7. The smallest absolute Gasteiger partial charge is 0.239 e. The summed E-state index contributed by atoms with van der Waals surface area (Å²) in [6, 6.07) is 12.7. The topological polar surface area (TPSA) is 103 Å². The van der Waals surface area contributed by atoms with Gasteiger partial charge in [-0.05, 0) is 48.9 Å². The van der Waals surface area contributed by atoms with Crippen molar-refractivity contribution in [1.82, 2.24) is 5.32 Å². The van der Waals surface area contributed by atoms with Gasteiger partial charge in [0.2, 0.25) is 11.8 Å². The van der Waals surface area contributed by atoms with Crippen molar-refractivity contribution in [2.45, 2.75) is 19.4 Å². The molecule has 0 fully saturated rings. The molecule has 2 aromatic carbocycles. The third-order valence-corrected chi connectivity index (χ3v) is 4.84. The van der Waals surface area contributed by atoms with Crippen molar-refractivity contribution in [3.63, 3.8) is 0 Å². The molecule has 1 heterocycles. The molecule has 3 rings (SSSR count). The second-order valence-corrected chi connectivity index (χ2v) is 7.03. The molecule has 3 N–H and O–H groups in total. The minimum atomic E-state index is -0.418. The molecule has 30 heavy (non-hydrogen) atoms. The summed E-state index contributed by atoms with van der Waals surface area (Å²) < 4.78 is 16.3. The SMILES string of the molecule is COc1ccc(N(CCC(N)=O)CC(=O)NC(C)c2ccc3c(c2)OCCO3)cc1. The standard InChI is InChI=1S/C22H27N3O5/c1-15(16-3-8-19-20(13-16)30-12-11-29-19)24-22(27)14-25(10-9-21(23)26)17-4-6-18(28-2)7-5-17/h3-8,13,15H,9-12,14H2,1-2H3,(H2,23,26)(H,24,27). The van der Waals surface area contributed by atoms with Gasteiger partial charge in [-0.1, -0.05) is 6.07 Å². The summed E-state index contributed by atoms with van der Waals surface area (Å²) in [5.41, 5.74) is 7.02. The summed E-state index contributed by atoms with van der Waals surface area (Å²) in [6.45, 7) is 3.38. The molecule has 160 valence electrons. The molecule has 2 amide bonds. The lowest BCUT2D eigenvalue weighted by Crippen LogP contribution is -2.39. The Bertz CT molecular complexity index is 885. The number of carbonyl (C=O) groups excluding carboxylic acids is 2. The number of nitrogens with one attached hydrogen (secondary N) is 1. The molecule has 0 bridgehead atoms. The van der Waals surface area contributed by atoms with E-state index in [1.54, 1.807) is 7.11 Å². The van der Waals surface area contributed by atoms with Crippen LogP contribution < -0.4 is 30.2 Å². The van der Waals surface area contributed by atoms with Gasteiger partial charge in [0.05, 0.1) is 19.7 Å². The highest BCUT2D eigenvalue weighted by molar-refractivity contribution is 5.82. The van der Waals surface area contributed by atoms with Crippen molar-refractivity contribution in [3.8, 4) is 17.2 Å². The number of nitrogens with zero attached hydrogens (tertiary/aromatic N) is 1. The minimum absolute atomic E-state index is 0.0918. The van der Waals surface area contributed by atoms with Crippen LogP contribution in [0, 0.1) is 0 Å².